The summed E-state index contributed by atoms with van der Waals surface area (Å²) in [5.41, 5.74) is 3.95. The first kappa shape index (κ1) is 29.3. The van der Waals surface area contributed by atoms with Gasteiger partial charge in [0.25, 0.3) is 5.91 Å². The van der Waals surface area contributed by atoms with Gasteiger partial charge in [0.2, 0.25) is 10.0 Å². The summed E-state index contributed by atoms with van der Waals surface area (Å²) in [5.74, 6) is -2.49. The smallest absolute Gasteiger partial charge is 0.321 e. The van der Waals surface area contributed by atoms with Crippen LogP contribution in [0.15, 0.2) is 88.4 Å². The van der Waals surface area contributed by atoms with E-state index in [0.717, 1.165) is 29.5 Å². The molecule has 1 fully saturated rings. The standard InChI is InChI=1S/C31H29F2N3O5S/c1-20-5-15-26(16-6-20)42(39,40)34-18-29(38)41-19-28(37)36-31(22-9-13-25(33)14-10-22)27-4-2-3-23(30(27)35-36)17-21-7-11-24(32)12-8-21/h5-17,27,31,34H,2-4,18-19H2,1H3/b23-17-. The van der Waals surface area contributed by atoms with Crippen molar-refractivity contribution in [3.05, 3.63) is 107 Å². The van der Waals surface area contributed by atoms with Gasteiger partial charge in [0.15, 0.2) is 6.61 Å². The number of benzene rings is 3. The number of fused-ring (bicyclic) bond motifs is 1. The lowest BCUT2D eigenvalue weighted by atomic mass is 9.77. The molecule has 5 rings (SSSR count). The molecule has 1 heterocycles. The second-order valence-electron chi connectivity index (χ2n) is 10.2. The van der Waals surface area contributed by atoms with E-state index >= 15 is 0 Å². The number of esters is 1. The van der Waals surface area contributed by atoms with E-state index in [9.17, 15) is 26.8 Å². The molecule has 42 heavy (non-hydrogen) atoms. The molecular weight excluding hydrogens is 564 g/mol. The number of nitrogens with one attached hydrogen (secondary N) is 1. The SMILES string of the molecule is Cc1ccc(S(=O)(=O)NCC(=O)OCC(=O)N2N=C3/C(=C\c4ccc(F)cc4)CCCC3C2c2ccc(F)cc2)cc1. The number of hydrogen-bond acceptors (Lipinski definition) is 6. The highest BCUT2D eigenvalue weighted by atomic mass is 32.2. The predicted molar refractivity (Wildman–Crippen MR) is 152 cm³/mol. The summed E-state index contributed by atoms with van der Waals surface area (Å²) >= 11 is 0. The van der Waals surface area contributed by atoms with Crippen molar-refractivity contribution in [2.45, 2.75) is 37.1 Å². The van der Waals surface area contributed by atoms with E-state index in [0.29, 0.717) is 17.7 Å². The van der Waals surface area contributed by atoms with Gasteiger partial charge in [-0.2, -0.15) is 9.82 Å². The van der Waals surface area contributed by atoms with Crippen LogP contribution in [-0.4, -0.2) is 44.2 Å². The fraction of sp³-hybridized carbons (Fsp3) is 0.258. The normalized spacial score (nSPS) is 19.4. The summed E-state index contributed by atoms with van der Waals surface area (Å²) in [5, 5.41) is 5.92. The van der Waals surface area contributed by atoms with Crippen molar-refractivity contribution in [3.63, 3.8) is 0 Å². The Balaban J connectivity index is 1.32. The van der Waals surface area contributed by atoms with E-state index in [2.05, 4.69) is 9.82 Å². The van der Waals surface area contributed by atoms with Crippen LogP contribution in [0.2, 0.25) is 0 Å². The third kappa shape index (κ3) is 6.63. The highest BCUT2D eigenvalue weighted by Crippen LogP contribution is 2.44. The second kappa shape index (κ2) is 12.3. The number of sulfonamides is 1. The van der Waals surface area contributed by atoms with Gasteiger partial charge in [-0.25, -0.2) is 22.2 Å². The summed E-state index contributed by atoms with van der Waals surface area (Å²) in [7, 11) is -3.95. The third-order valence-corrected chi connectivity index (χ3v) is 8.69. The molecule has 2 aliphatic rings. The van der Waals surface area contributed by atoms with Gasteiger partial charge in [-0.3, -0.25) is 9.59 Å². The maximum absolute atomic E-state index is 13.7. The van der Waals surface area contributed by atoms with Crippen LogP contribution in [0.5, 0.6) is 0 Å². The monoisotopic (exact) mass is 593 g/mol. The van der Waals surface area contributed by atoms with Crippen LogP contribution >= 0.6 is 0 Å². The van der Waals surface area contributed by atoms with Crippen LogP contribution in [0, 0.1) is 24.5 Å². The number of carbonyl (C=O) groups excluding carboxylic acids is 2. The number of nitrogens with zero attached hydrogens (tertiary/aromatic N) is 2. The molecule has 1 aliphatic carbocycles. The van der Waals surface area contributed by atoms with Crippen LogP contribution < -0.4 is 4.72 Å². The Morgan fingerprint density at radius 2 is 1.64 bits per heavy atom. The number of ether oxygens (including phenoxy) is 1. The first-order chi connectivity index (χ1) is 20.1. The molecular formula is C31H29F2N3O5S. The van der Waals surface area contributed by atoms with Gasteiger partial charge in [0.05, 0.1) is 16.6 Å². The predicted octanol–water partition coefficient (Wildman–Crippen LogP) is 4.92. The number of allylic oxidation sites excluding steroid dienone is 1. The first-order valence-electron chi connectivity index (χ1n) is 13.5. The number of hydrogen-bond donors (Lipinski definition) is 1. The minimum atomic E-state index is -3.95. The summed E-state index contributed by atoms with van der Waals surface area (Å²) in [6.07, 6.45) is 4.18. The molecule has 1 N–H and O–H groups in total. The van der Waals surface area contributed by atoms with E-state index in [-0.39, 0.29) is 16.6 Å². The molecule has 0 aromatic heterocycles. The fourth-order valence-corrected chi connectivity index (χ4v) is 6.14. The Hall–Kier alpha value is -4.22. The van der Waals surface area contributed by atoms with Crippen molar-refractivity contribution in [1.29, 1.82) is 0 Å². The molecule has 3 aromatic rings. The first-order valence-corrected chi connectivity index (χ1v) is 14.9. The van der Waals surface area contributed by atoms with E-state index in [1.807, 2.05) is 13.0 Å². The van der Waals surface area contributed by atoms with E-state index < -0.39 is 46.9 Å². The summed E-state index contributed by atoms with van der Waals surface area (Å²) in [6, 6.07) is 17.5. The van der Waals surface area contributed by atoms with Gasteiger partial charge in [-0.15, -0.1) is 0 Å². The largest absolute Gasteiger partial charge is 0.455 e. The lowest BCUT2D eigenvalue weighted by Crippen LogP contribution is -2.36. The molecule has 8 nitrogen and oxygen atoms in total. The maximum Gasteiger partial charge on any atom is 0.321 e. The molecule has 0 radical (unpaired) electrons. The molecule has 0 bridgehead atoms. The van der Waals surface area contributed by atoms with Crippen LogP contribution in [0.4, 0.5) is 8.78 Å². The number of hydrazone groups is 1. The molecule has 2 unspecified atom stereocenters. The minimum absolute atomic E-state index is 0.000825. The lowest BCUT2D eigenvalue weighted by Gasteiger charge is -2.29. The molecule has 11 heteroatoms. The van der Waals surface area contributed by atoms with Crippen LogP contribution in [-0.2, 0) is 24.3 Å². The Kier molecular flexibility index (Phi) is 8.60. The molecule has 2 atom stereocenters. The minimum Gasteiger partial charge on any atom is -0.455 e. The average molecular weight is 594 g/mol. The number of halogens is 2. The fourth-order valence-electron chi connectivity index (χ4n) is 5.17. The number of carbonyl (C=O) groups is 2. The lowest BCUT2D eigenvalue weighted by molar-refractivity contribution is -0.152. The maximum atomic E-state index is 13.7. The van der Waals surface area contributed by atoms with Gasteiger partial charge in [-0.05, 0) is 85.4 Å². The summed E-state index contributed by atoms with van der Waals surface area (Å²) in [4.78, 5) is 25.7. The number of amides is 1. The Morgan fingerprint density at radius 1 is 1.00 bits per heavy atom. The van der Waals surface area contributed by atoms with E-state index in [1.54, 1.807) is 36.4 Å². The number of rotatable bonds is 8. The topological polar surface area (TPSA) is 105 Å². The second-order valence-corrected chi connectivity index (χ2v) is 12.0. The quantitative estimate of drug-likeness (QED) is 0.374. The zero-order valence-corrected chi connectivity index (χ0v) is 23.6. The van der Waals surface area contributed by atoms with Crippen molar-refractivity contribution in [2.24, 2.45) is 11.0 Å². The van der Waals surface area contributed by atoms with Crippen molar-refractivity contribution < 1.29 is 31.5 Å². The molecule has 218 valence electrons. The van der Waals surface area contributed by atoms with Gasteiger partial charge >= 0.3 is 5.97 Å². The van der Waals surface area contributed by atoms with E-state index in [4.69, 9.17) is 4.74 Å². The Morgan fingerprint density at radius 3 is 2.31 bits per heavy atom. The summed E-state index contributed by atoms with van der Waals surface area (Å²) in [6.45, 7) is 0.497. The van der Waals surface area contributed by atoms with Crippen LogP contribution in [0.25, 0.3) is 6.08 Å². The zero-order chi connectivity index (χ0) is 29.9. The van der Waals surface area contributed by atoms with Gasteiger partial charge in [-0.1, -0.05) is 42.0 Å². The third-order valence-electron chi connectivity index (χ3n) is 7.27. The van der Waals surface area contributed by atoms with Gasteiger partial charge in [0, 0.05) is 5.92 Å². The molecule has 1 saturated carbocycles. The van der Waals surface area contributed by atoms with Crippen molar-refractivity contribution in [2.75, 3.05) is 13.2 Å². The summed E-state index contributed by atoms with van der Waals surface area (Å²) < 4.78 is 59.4. The van der Waals surface area contributed by atoms with E-state index in [1.165, 1.54) is 41.4 Å². The molecule has 3 aromatic carbocycles. The van der Waals surface area contributed by atoms with Crippen LogP contribution in [0.1, 0.15) is 42.0 Å². The van der Waals surface area contributed by atoms with Crippen LogP contribution in [0.3, 0.4) is 0 Å². The molecule has 1 amide bonds. The highest BCUT2D eigenvalue weighted by Gasteiger charge is 2.43. The van der Waals surface area contributed by atoms with Crippen molar-refractivity contribution >= 4 is 33.7 Å². The molecule has 0 saturated heterocycles. The van der Waals surface area contributed by atoms with Gasteiger partial charge < -0.3 is 4.74 Å². The Bertz CT molecular complexity index is 1640. The number of aryl methyl sites for hydroxylation is 1. The van der Waals surface area contributed by atoms with Crippen molar-refractivity contribution in [3.8, 4) is 0 Å². The molecule has 1 aliphatic heterocycles. The zero-order valence-electron chi connectivity index (χ0n) is 22.8. The highest BCUT2D eigenvalue weighted by molar-refractivity contribution is 7.89. The molecule has 0 spiro atoms. The van der Waals surface area contributed by atoms with Crippen molar-refractivity contribution in [1.82, 2.24) is 9.73 Å². The Labute approximate surface area is 242 Å². The van der Waals surface area contributed by atoms with Gasteiger partial charge in [0.1, 0.15) is 18.2 Å². The average Bonchev–Trinajstić information content (AvgIpc) is 3.37.